The number of rotatable bonds is 9. The number of urea groups is 1. The molecule has 0 bridgehead atoms. The van der Waals surface area contributed by atoms with Crippen LogP contribution < -0.4 is 10.6 Å². The van der Waals surface area contributed by atoms with Crippen LogP contribution in [0.2, 0.25) is 0 Å². The van der Waals surface area contributed by atoms with E-state index >= 15 is 0 Å². The monoisotopic (exact) mass is 403 g/mol. The average molecular weight is 403 g/mol. The van der Waals surface area contributed by atoms with E-state index in [-0.39, 0.29) is 24.7 Å². The van der Waals surface area contributed by atoms with Gasteiger partial charge in [0.25, 0.3) is 5.91 Å². The first-order chi connectivity index (χ1) is 13.6. The number of amides is 4. The van der Waals surface area contributed by atoms with E-state index in [1.165, 1.54) is 16.2 Å². The van der Waals surface area contributed by atoms with Crippen molar-refractivity contribution in [3.05, 3.63) is 40.9 Å². The SMILES string of the molecule is COCc1nnc(NC(=O)CC[C@@H]2NC(=O)N(CCc3ccccc3)C2=O)s1. The summed E-state index contributed by atoms with van der Waals surface area (Å²) in [5, 5.41) is 14.1. The second-order valence-electron chi connectivity index (χ2n) is 6.25. The van der Waals surface area contributed by atoms with E-state index in [0.29, 0.717) is 29.7 Å². The van der Waals surface area contributed by atoms with Gasteiger partial charge in [-0.15, -0.1) is 10.2 Å². The van der Waals surface area contributed by atoms with Gasteiger partial charge in [0.2, 0.25) is 11.0 Å². The summed E-state index contributed by atoms with van der Waals surface area (Å²) < 4.78 is 4.95. The first-order valence-electron chi connectivity index (χ1n) is 8.84. The summed E-state index contributed by atoms with van der Waals surface area (Å²) in [6.45, 7) is 0.638. The van der Waals surface area contributed by atoms with Gasteiger partial charge < -0.3 is 15.4 Å². The lowest BCUT2D eigenvalue weighted by Crippen LogP contribution is -2.33. The highest BCUT2D eigenvalue weighted by molar-refractivity contribution is 7.15. The number of benzene rings is 1. The zero-order chi connectivity index (χ0) is 19.9. The number of hydrogen-bond donors (Lipinski definition) is 2. The van der Waals surface area contributed by atoms with E-state index < -0.39 is 12.1 Å². The third kappa shape index (κ3) is 5.11. The Hall–Kier alpha value is -2.85. The zero-order valence-corrected chi connectivity index (χ0v) is 16.2. The molecule has 148 valence electrons. The van der Waals surface area contributed by atoms with Gasteiger partial charge >= 0.3 is 6.03 Å². The van der Waals surface area contributed by atoms with Crippen molar-refractivity contribution in [3.8, 4) is 0 Å². The molecule has 1 aromatic carbocycles. The molecule has 9 nitrogen and oxygen atoms in total. The summed E-state index contributed by atoms with van der Waals surface area (Å²) in [6, 6.07) is 8.54. The molecule has 28 heavy (non-hydrogen) atoms. The van der Waals surface area contributed by atoms with Gasteiger partial charge in [0.05, 0.1) is 0 Å². The lowest BCUT2D eigenvalue weighted by Gasteiger charge is -2.12. The molecule has 0 unspecified atom stereocenters. The highest BCUT2D eigenvalue weighted by atomic mass is 32.1. The number of aromatic nitrogens is 2. The Kier molecular flexibility index (Phi) is 6.66. The Morgan fingerprint density at radius 2 is 2.07 bits per heavy atom. The normalized spacial score (nSPS) is 16.3. The third-order valence-electron chi connectivity index (χ3n) is 4.21. The summed E-state index contributed by atoms with van der Waals surface area (Å²) in [4.78, 5) is 37.8. The Morgan fingerprint density at radius 1 is 1.29 bits per heavy atom. The zero-order valence-electron chi connectivity index (χ0n) is 15.4. The Labute approximate surface area is 166 Å². The number of imide groups is 1. The minimum absolute atomic E-state index is 0.0857. The number of nitrogens with one attached hydrogen (secondary N) is 2. The van der Waals surface area contributed by atoms with Gasteiger partial charge in [-0.3, -0.25) is 14.5 Å². The van der Waals surface area contributed by atoms with Crippen molar-refractivity contribution < 1.29 is 19.1 Å². The van der Waals surface area contributed by atoms with Gasteiger partial charge in [0.15, 0.2) is 0 Å². The number of hydrogen-bond acceptors (Lipinski definition) is 7. The number of anilines is 1. The molecule has 0 spiro atoms. The number of carbonyl (C=O) groups excluding carboxylic acids is 3. The van der Waals surface area contributed by atoms with Crippen LogP contribution in [0.5, 0.6) is 0 Å². The van der Waals surface area contributed by atoms with Gasteiger partial charge in [-0.05, 0) is 18.4 Å². The van der Waals surface area contributed by atoms with Crippen LogP contribution >= 0.6 is 11.3 Å². The van der Waals surface area contributed by atoms with Crippen molar-refractivity contribution in [1.29, 1.82) is 0 Å². The van der Waals surface area contributed by atoms with Gasteiger partial charge in [-0.2, -0.15) is 0 Å². The first kappa shape index (κ1) is 19.9. The second kappa shape index (κ2) is 9.38. The van der Waals surface area contributed by atoms with Crippen LogP contribution in [0.1, 0.15) is 23.4 Å². The number of carbonyl (C=O) groups is 3. The lowest BCUT2D eigenvalue weighted by molar-refractivity contribution is -0.127. The Balaban J connectivity index is 1.45. The molecular formula is C18H21N5O4S. The van der Waals surface area contributed by atoms with Gasteiger partial charge in [0.1, 0.15) is 17.7 Å². The second-order valence-corrected chi connectivity index (χ2v) is 7.31. The summed E-state index contributed by atoms with van der Waals surface area (Å²) in [7, 11) is 1.55. The van der Waals surface area contributed by atoms with Gasteiger partial charge in [0, 0.05) is 20.1 Å². The predicted molar refractivity (Wildman–Crippen MR) is 103 cm³/mol. The predicted octanol–water partition coefficient (Wildman–Crippen LogP) is 1.57. The molecule has 1 fully saturated rings. The van der Waals surface area contributed by atoms with Gasteiger partial charge in [-0.25, -0.2) is 4.79 Å². The molecule has 0 aliphatic carbocycles. The van der Waals surface area contributed by atoms with Crippen molar-refractivity contribution in [3.63, 3.8) is 0 Å². The molecule has 1 atom stereocenters. The van der Waals surface area contributed by atoms with Crippen molar-refractivity contribution >= 4 is 34.3 Å². The van der Waals surface area contributed by atoms with E-state index in [9.17, 15) is 14.4 Å². The fourth-order valence-electron chi connectivity index (χ4n) is 2.81. The van der Waals surface area contributed by atoms with Crippen LogP contribution in [0.25, 0.3) is 0 Å². The molecule has 4 amide bonds. The molecule has 10 heteroatoms. The maximum atomic E-state index is 12.5. The molecule has 1 aliphatic rings. The van der Waals surface area contributed by atoms with Crippen LogP contribution in [0, 0.1) is 0 Å². The average Bonchev–Trinajstić information content (AvgIpc) is 3.23. The largest absolute Gasteiger partial charge is 0.377 e. The van der Waals surface area contributed by atoms with Crippen LogP contribution in [-0.4, -0.2) is 52.6 Å². The molecule has 3 rings (SSSR count). The summed E-state index contributed by atoms with van der Waals surface area (Å²) in [6.07, 6.45) is 0.901. The van der Waals surface area contributed by atoms with E-state index in [1.807, 2.05) is 30.3 Å². The highest BCUT2D eigenvalue weighted by Crippen LogP contribution is 2.17. The number of nitrogens with zero attached hydrogens (tertiary/aromatic N) is 3. The van der Waals surface area contributed by atoms with E-state index in [1.54, 1.807) is 7.11 Å². The molecule has 1 saturated heterocycles. The summed E-state index contributed by atoms with van der Waals surface area (Å²) in [5.41, 5.74) is 1.05. The lowest BCUT2D eigenvalue weighted by atomic mass is 10.1. The summed E-state index contributed by atoms with van der Waals surface area (Å²) >= 11 is 1.23. The van der Waals surface area contributed by atoms with Crippen molar-refractivity contribution in [2.24, 2.45) is 0 Å². The number of ether oxygens (including phenoxy) is 1. The fourth-order valence-corrected chi connectivity index (χ4v) is 3.54. The first-order valence-corrected chi connectivity index (χ1v) is 9.65. The third-order valence-corrected chi connectivity index (χ3v) is 5.03. The topological polar surface area (TPSA) is 114 Å². The minimum Gasteiger partial charge on any atom is -0.377 e. The van der Waals surface area contributed by atoms with Crippen molar-refractivity contribution in [2.45, 2.75) is 31.9 Å². The van der Waals surface area contributed by atoms with E-state index in [0.717, 1.165) is 5.56 Å². The molecule has 0 saturated carbocycles. The van der Waals surface area contributed by atoms with Crippen LogP contribution in [0.4, 0.5) is 9.93 Å². The smallest absolute Gasteiger partial charge is 0.324 e. The molecule has 2 aromatic rings. The van der Waals surface area contributed by atoms with Gasteiger partial charge in [-0.1, -0.05) is 41.7 Å². The maximum absolute atomic E-state index is 12.5. The van der Waals surface area contributed by atoms with Crippen LogP contribution in [-0.2, 0) is 27.4 Å². The molecule has 2 N–H and O–H groups in total. The standard InChI is InChI=1S/C18H21N5O4S/c1-27-11-15-21-22-17(28-15)20-14(24)8-7-13-16(25)23(18(26)19-13)10-9-12-5-3-2-4-6-12/h2-6,13H,7-11H2,1H3,(H,19,26)(H,20,22,24)/t13-/m0/s1. The minimum atomic E-state index is -0.688. The van der Waals surface area contributed by atoms with E-state index in [2.05, 4.69) is 20.8 Å². The van der Waals surface area contributed by atoms with Crippen molar-refractivity contribution in [2.75, 3.05) is 19.0 Å². The quantitative estimate of drug-likeness (QED) is 0.615. The highest BCUT2D eigenvalue weighted by Gasteiger charge is 2.37. The van der Waals surface area contributed by atoms with Crippen molar-refractivity contribution in [1.82, 2.24) is 20.4 Å². The molecular weight excluding hydrogens is 382 g/mol. The Morgan fingerprint density at radius 3 is 2.82 bits per heavy atom. The molecule has 1 aliphatic heterocycles. The molecule has 1 aromatic heterocycles. The molecule has 0 radical (unpaired) electrons. The Bertz CT molecular complexity index is 842. The fraction of sp³-hybridized carbons (Fsp3) is 0.389. The van der Waals surface area contributed by atoms with Crippen LogP contribution in [0.15, 0.2) is 30.3 Å². The number of methoxy groups -OCH3 is 1. The van der Waals surface area contributed by atoms with Crippen LogP contribution in [0.3, 0.4) is 0 Å². The summed E-state index contributed by atoms with van der Waals surface area (Å²) in [5.74, 6) is -0.586. The maximum Gasteiger partial charge on any atom is 0.324 e. The van der Waals surface area contributed by atoms with E-state index in [4.69, 9.17) is 4.74 Å². The molecule has 2 heterocycles.